The molecule has 0 radical (unpaired) electrons. The van der Waals surface area contributed by atoms with Gasteiger partial charge >= 0.3 is 12.4 Å². The summed E-state index contributed by atoms with van der Waals surface area (Å²) >= 11 is 1.45. The van der Waals surface area contributed by atoms with Crippen LogP contribution in [0.25, 0.3) is 22.8 Å². The standard InChI is InChI=1S/C33H31F3N6O2S/c1-3-22-7-4-5-10-29(22)42-21(2)19-45-32(42)39-31(43)38-28-9-6-8-27(28)23-11-13-24(14-12-23)30-37-20-41(40-30)25-15-17-26(18-16-25)44-33(34,35)36/h4-5,7,10-20,27-28H,3,6,8-9H2,1-2H3,(H,38,43)/b39-32-. The molecule has 2 amide bonds. The smallest absolute Gasteiger partial charge is 0.406 e. The van der Waals surface area contributed by atoms with Crippen molar-refractivity contribution in [2.45, 2.75) is 57.9 Å². The molecule has 8 nitrogen and oxygen atoms in total. The number of benzene rings is 3. The zero-order chi connectivity index (χ0) is 31.6. The monoisotopic (exact) mass is 632 g/mol. The van der Waals surface area contributed by atoms with Gasteiger partial charge in [0.05, 0.1) is 11.4 Å². The lowest BCUT2D eigenvalue weighted by atomic mass is 9.93. The minimum Gasteiger partial charge on any atom is -0.406 e. The fourth-order valence-electron chi connectivity index (χ4n) is 5.80. The fraction of sp³-hybridized carbons (Fsp3) is 0.273. The molecule has 45 heavy (non-hydrogen) atoms. The molecule has 2 unspecified atom stereocenters. The van der Waals surface area contributed by atoms with E-state index in [9.17, 15) is 18.0 Å². The van der Waals surface area contributed by atoms with Crippen LogP contribution in [0.1, 0.15) is 48.9 Å². The molecule has 2 atom stereocenters. The Hall–Kier alpha value is -4.71. The predicted molar refractivity (Wildman–Crippen MR) is 166 cm³/mol. The number of thiazole rings is 1. The van der Waals surface area contributed by atoms with Crippen molar-refractivity contribution in [2.24, 2.45) is 4.99 Å². The lowest BCUT2D eigenvalue weighted by molar-refractivity contribution is -0.274. The van der Waals surface area contributed by atoms with E-state index in [2.05, 4.69) is 44.2 Å². The second-order valence-electron chi connectivity index (χ2n) is 10.9. The molecule has 1 aliphatic carbocycles. The molecule has 1 aliphatic rings. The van der Waals surface area contributed by atoms with Crippen molar-refractivity contribution in [3.8, 4) is 28.5 Å². The van der Waals surface area contributed by atoms with Crippen molar-refractivity contribution in [2.75, 3.05) is 0 Å². The average Bonchev–Trinajstić information content (AvgIpc) is 3.78. The number of hydrogen-bond donors (Lipinski definition) is 1. The number of para-hydroxylation sites is 1. The number of ether oxygens (including phenoxy) is 1. The first kappa shape index (κ1) is 30.3. The molecule has 1 fully saturated rings. The highest BCUT2D eigenvalue weighted by molar-refractivity contribution is 7.07. The highest BCUT2D eigenvalue weighted by atomic mass is 32.1. The Morgan fingerprint density at radius 3 is 2.56 bits per heavy atom. The summed E-state index contributed by atoms with van der Waals surface area (Å²) in [4.78, 5) is 22.7. The van der Waals surface area contributed by atoms with Crippen LogP contribution in [0.2, 0.25) is 0 Å². The molecule has 6 rings (SSSR count). The van der Waals surface area contributed by atoms with E-state index in [-0.39, 0.29) is 23.7 Å². The summed E-state index contributed by atoms with van der Waals surface area (Å²) < 4.78 is 44.8. The average molecular weight is 633 g/mol. The van der Waals surface area contributed by atoms with Gasteiger partial charge in [-0.2, -0.15) is 4.99 Å². The molecule has 232 valence electrons. The van der Waals surface area contributed by atoms with Gasteiger partial charge in [0, 0.05) is 28.6 Å². The highest BCUT2D eigenvalue weighted by Gasteiger charge is 2.31. The van der Waals surface area contributed by atoms with Gasteiger partial charge in [0.15, 0.2) is 10.6 Å². The zero-order valence-electron chi connectivity index (χ0n) is 24.7. The summed E-state index contributed by atoms with van der Waals surface area (Å²) in [7, 11) is 0. The van der Waals surface area contributed by atoms with Crippen LogP contribution in [0.3, 0.4) is 0 Å². The number of amides is 2. The molecular formula is C33H31F3N6O2S. The van der Waals surface area contributed by atoms with Crippen molar-refractivity contribution in [1.82, 2.24) is 24.6 Å². The second kappa shape index (κ2) is 12.7. The number of urea groups is 1. The van der Waals surface area contributed by atoms with Crippen LogP contribution in [-0.4, -0.2) is 37.8 Å². The number of halogens is 3. The zero-order valence-corrected chi connectivity index (χ0v) is 25.5. The van der Waals surface area contributed by atoms with Gasteiger partial charge in [-0.05, 0) is 67.6 Å². The van der Waals surface area contributed by atoms with Gasteiger partial charge in [-0.15, -0.1) is 29.6 Å². The SMILES string of the molecule is CCc1ccccc1-n1c(C)cs/c1=N\C(=O)NC1CCCC1c1ccc(-c2ncn(-c3ccc(OC(F)(F)F)cc3)n2)cc1. The number of carbonyl (C=O) groups excluding carboxylic acids is 1. The summed E-state index contributed by atoms with van der Waals surface area (Å²) in [5.74, 6) is 0.329. The van der Waals surface area contributed by atoms with Crippen molar-refractivity contribution < 1.29 is 22.7 Å². The Morgan fingerprint density at radius 2 is 1.82 bits per heavy atom. The Labute approximate surface area is 261 Å². The maximum absolute atomic E-state index is 13.2. The van der Waals surface area contributed by atoms with E-state index in [1.807, 2.05) is 53.3 Å². The third kappa shape index (κ3) is 6.85. The Kier molecular flexibility index (Phi) is 8.57. The number of hydrogen-bond acceptors (Lipinski definition) is 5. The molecule has 2 aromatic heterocycles. The summed E-state index contributed by atoms with van der Waals surface area (Å²) in [6.45, 7) is 4.13. The van der Waals surface area contributed by atoms with Gasteiger partial charge in [0.25, 0.3) is 0 Å². The molecule has 0 aliphatic heterocycles. The van der Waals surface area contributed by atoms with E-state index in [4.69, 9.17) is 0 Å². The van der Waals surface area contributed by atoms with Gasteiger partial charge in [-0.1, -0.05) is 55.8 Å². The Balaban J connectivity index is 1.14. The van der Waals surface area contributed by atoms with E-state index >= 15 is 0 Å². The molecule has 1 N–H and O–H groups in total. The highest BCUT2D eigenvalue weighted by Crippen LogP contribution is 2.35. The first-order chi connectivity index (χ1) is 21.7. The largest absolute Gasteiger partial charge is 0.573 e. The normalized spacial score (nSPS) is 17.0. The molecule has 0 spiro atoms. The van der Waals surface area contributed by atoms with Crippen LogP contribution in [0, 0.1) is 6.92 Å². The van der Waals surface area contributed by atoms with Crippen molar-refractivity contribution in [1.29, 1.82) is 0 Å². The molecular weight excluding hydrogens is 601 g/mol. The molecule has 1 saturated carbocycles. The lowest BCUT2D eigenvalue weighted by Crippen LogP contribution is -2.36. The Bertz CT molecular complexity index is 1860. The van der Waals surface area contributed by atoms with Gasteiger partial charge in [-0.25, -0.2) is 14.5 Å². The minimum atomic E-state index is -4.75. The van der Waals surface area contributed by atoms with Crippen LogP contribution in [0.15, 0.2) is 89.5 Å². The molecule has 2 heterocycles. The predicted octanol–water partition coefficient (Wildman–Crippen LogP) is 7.50. The van der Waals surface area contributed by atoms with Crippen LogP contribution < -0.4 is 14.9 Å². The third-order valence-electron chi connectivity index (χ3n) is 7.94. The Morgan fingerprint density at radius 1 is 1.07 bits per heavy atom. The second-order valence-corrected chi connectivity index (χ2v) is 11.7. The van der Waals surface area contributed by atoms with Gasteiger partial charge in [0.2, 0.25) is 0 Å². The number of alkyl halides is 3. The summed E-state index contributed by atoms with van der Waals surface area (Å²) in [6, 6.07) is 21.2. The number of aryl methyl sites for hydroxylation is 2. The topological polar surface area (TPSA) is 86.3 Å². The first-order valence-electron chi connectivity index (χ1n) is 14.7. The number of aromatic nitrogens is 4. The third-order valence-corrected chi connectivity index (χ3v) is 8.88. The van der Waals surface area contributed by atoms with E-state index in [0.717, 1.165) is 48.2 Å². The lowest BCUT2D eigenvalue weighted by Gasteiger charge is -2.20. The van der Waals surface area contributed by atoms with Gasteiger partial charge < -0.3 is 10.1 Å². The maximum Gasteiger partial charge on any atom is 0.573 e. The number of nitrogens with one attached hydrogen (secondary N) is 1. The molecule has 0 saturated heterocycles. The minimum absolute atomic E-state index is 0.0360. The van der Waals surface area contributed by atoms with Crippen LogP contribution in [0.4, 0.5) is 18.0 Å². The molecule has 3 aromatic carbocycles. The van der Waals surface area contributed by atoms with Crippen LogP contribution in [0.5, 0.6) is 5.75 Å². The molecule has 5 aromatic rings. The summed E-state index contributed by atoms with van der Waals surface area (Å²) in [6.07, 6.45) is 0.457. The van der Waals surface area contributed by atoms with Crippen LogP contribution >= 0.6 is 11.3 Å². The van der Waals surface area contributed by atoms with Crippen molar-refractivity contribution in [3.05, 3.63) is 106 Å². The van der Waals surface area contributed by atoms with E-state index in [0.29, 0.717) is 16.3 Å². The number of carbonyl (C=O) groups is 1. The molecule has 12 heteroatoms. The summed E-state index contributed by atoms with van der Waals surface area (Å²) in [5.41, 5.74) is 5.72. The van der Waals surface area contributed by atoms with Crippen molar-refractivity contribution >= 4 is 17.4 Å². The number of nitrogens with zero attached hydrogens (tertiary/aromatic N) is 5. The van der Waals surface area contributed by atoms with Gasteiger partial charge in [0.1, 0.15) is 12.1 Å². The van der Waals surface area contributed by atoms with E-state index in [1.165, 1.54) is 52.2 Å². The maximum atomic E-state index is 13.2. The fourth-order valence-corrected chi connectivity index (χ4v) is 6.67. The van der Waals surface area contributed by atoms with Crippen molar-refractivity contribution in [3.63, 3.8) is 0 Å². The van der Waals surface area contributed by atoms with E-state index in [1.54, 1.807) is 0 Å². The van der Waals surface area contributed by atoms with Crippen LogP contribution in [-0.2, 0) is 6.42 Å². The van der Waals surface area contributed by atoms with Gasteiger partial charge in [-0.3, -0.25) is 4.57 Å². The quantitative estimate of drug-likeness (QED) is 0.201. The summed E-state index contributed by atoms with van der Waals surface area (Å²) in [5, 5.41) is 9.67. The molecule has 0 bridgehead atoms. The van der Waals surface area contributed by atoms with E-state index < -0.39 is 6.36 Å². The number of rotatable bonds is 7. The first-order valence-corrected chi connectivity index (χ1v) is 15.6.